The second-order valence-corrected chi connectivity index (χ2v) is 9.23. The van der Waals surface area contributed by atoms with Crippen molar-refractivity contribution in [3.63, 3.8) is 0 Å². The number of hydrogen-bond donors (Lipinski definition) is 2. The van der Waals surface area contributed by atoms with Crippen molar-refractivity contribution in [3.8, 4) is 0 Å². The number of carbonyl (C=O) groups excluding carboxylic acids is 1. The number of aromatic amines is 1. The molecule has 5 rings (SSSR count). The van der Waals surface area contributed by atoms with Crippen LogP contribution in [0.1, 0.15) is 91.4 Å². The Hall–Kier alpha value is -2.21. The van der Waals surface area contributed by atoms with Crippen LogP contribution in [0.5, 0.6) is 0 Å². The predicted octanol–water partition coefficient (Wildman–Crippen LogP) is 3.94. The first-order valence-corrected chi connectivity index (χ1v) is 11.2. The Kier molecular flexibility index (Phi) is 5.12. The fourth-order valence-corrected chi connectivity index (χ4v) is 6.33. The Morgan fingerprint density at radius 1 is 1.10 bits per heavy atom. The molecule has 2 aliphatic heterocycles. The van der Waals surface area contributed by atoms with Gasteiger partial charge in [-0.1, -0.05) is 36.6 Å². The van der Waals surface area contributed by atoms with E-state index in [1.165, 1.54) is 50.5 Å². The van der Waals surface area contributed by atoms with Crippen molar-refractivity contribution >= 4 is 5.91 Å². The van der Waals surface area contributed by atoms with Gasteiger partial charge in [0.25, 0.3) is 0 Å². The zero-order chi connectivity index (χ0) is 19.8. The third-order valence-electron chi connectivity index (χ3n) is 7.59. The lowest BCUT2D eigenvalue weighted by atomic mass is 9.78. The second kappa shape index (κ2) is 7.90. The molecule has 0 spiro atoms. The molecular formula is C23H31N5O. The topological polar surface area (TPSA) is 87.9 Å². The van der Waals surface area contributed by atoms with Crippen molar-refractivity contribution in [3.05, 3.63) is 47.3 Å². The summed E-state index contributed by atoms with van der Waals surface area (Å²) in [6, 6.07) is 9.54. The van der Waals surface area contributed by atoms with Gasteiger partial charge in [0.15, 0.2) is 0 Å². The fourth-order valence-electron chi connectivity index (χ4n) is 6.33. The molecule has 1 unspecified atom stereocenters. The highest BCUT2D eigenvalue weighted by molar-refractivity contribution is 5.92. The normalized spacial score (nSPS) is 29.0. The summed E-state index contributed by atoms with van der Waals surface area (Å²) in [7, 11) is 0. The number of hydrogen-bond acceptors (Lipinski definition) is 4. The number of primary amides is 1. The molecular weight excluding hydrogens is 362 g/mol. The average molecular weight is 394 g/mol. The third kappa shape index (κ3) is 3.59. The third-order valence-corrected chi connectivity index (χ3v) is 7.59. The lowest BCUT2D eigenvalue weighted by Gasteiger charge is -2.46. The molecule has 6 nitrogen and oxygen atoms in total. The minimum Gasteiger partial charge on any atom is -0.366 e. The van der Waals surface area contributed by atoms with Crippen LogP contribution in [0, 0.1) is 5.92 Å². The number of nitrogens with two attached hydrogens (primary N) is 1. The van der Waals surface area contributed by atoms with Gasteiger partial charge in [0, 0.05) is 23.8 Å². The summed E-state index contributed by atoms with van der Waals surface area (Å²) in [5, 5.41) is 11.5. The summed E-state index contributed by atoms with van der Waals surface area (Å²) in [4.78, 5) is 14.4. The standard InChI is InChI=1S/C23H31N5O/c24-23(29)17-8-4-7-16(11-17)18-12-19-9-10-20(13-18)28(19)22(21-14-25-27-26-21)15-5-2-1-3-6-15/h4,7-8,11,14-15,18-20,22H,1-3,5-6,9-10,12-13H2,(H2,24,29)(H,25,26,27)/t18-,19+,20-,22?. The summed E-state index contributed by atoms with van der Waals surface area (Å²) in [6.45, 7) is 0. The van der Waals surface area contributed by atoms with Crippen molar-refractivity contribution in [2.75, 3.05) is 0 Å². The van der Waals surface area contributed by atoms with Crippen molar-refractivity contribution in [1.82, 2.24) is 20.3 Å². The van der Waals surface area contributed by atoms with Crippen molar-refractivity contribution < 1.29 is 4.79 Å². The lowest BCUT2D eigenvalue weighted by molar-refractivity contribution is 0.0310. The molecule has 3 aliphatic rings. The number of nitrogens with one attached hydrogen (secondary N) is 1. The van der Waals surface area contributed by atoms with Gasteiger partial charge in [-0.05, 0) is 68.1 Å². The maximum Gasteiger partial charge on any atom is 0.248 e. The molecule has 154 valence electrons. The van der Waals surface area contributed by atoms with Gasteiger partial charge in [0.2, 0.25) is 5.91 Å². The van der Waals surface area contributed by atoms with Gasteiger partial charge in [-0.15, -0.1) is 5.10 Å². The number of benzene rings is 1. The smallest absolute Gasteiger partial charge is 0.248 e. The maximum atomic E-state index is 11.6. The molecule has 2 saturated heterocycles. The molecule has 1 saturated carbocycles. The molecule has 4 atom stereocenters. The first-order chi connectivity index (χ1) is 14.2. The van der Waals surface area contributed by atoms with Gasteiger partial charge in [-0.25, -0.2) is 0 Å². The lowest BCUT2D eigenvalue weighted by Crippen LogP contribution is -2.47. The summed E-state index contributed by atoms with van der Waals surface area (Å²) in [5.74, 6) is 0.856. The number of nitrogens with zero attached hydrogens (tertiary/aromatic N) is 3. The van der Waals surface area contributed by atoms with Crippen LogP contribution in [-0.2, 0) is 0 Å². The van der Waals surface area contributed by atoms with Crippen LogP contribution in [0.25, 0.3) is 0 Å². The number of piperidine rings is 1. The number of rotatable bonds is 5. The summed E-state index contributed by atoms with van der Waals surface area (Å²) < 4.78 is 0. The van der Waals surface area contributed by atoms with E-state index >= 15 is 0 Å². The second-order valence-electron chi connectivity index (χ2n) is 9.23. The molecule has 3 N–H and O–H groups in total. The summed E-state index contributed by atoms with van der Waals surface area (Å²) in [5.41, 5.74) is 8.54. The highest BCUT2D eigenvalue weighted by Crippen LogP contribution is 2.50. The highest BCUT2D eigenvalue weighted by atomic mass is 16.1. The van der Waals surface area contributed by atoms with E-state index in [0.717, 1.165) is 18.5 Å². The molecule has 1 aromatic carbocycles. The molecule has 1 aliphatic carbocycles. The monoisotopic (exact) mass is 393 g/mol. The minimum absolute atomic E-state index is 0.337. The van der Waals surface area contributed by atoms with Crippen LogP contribution >= 0.6 is 0 Å². The molecule has 1 amide bonds. The van der Waals surface area contributed by atoms with E-state index in [2.05, 4.69) is 26.4 Å². The van der Waals surface area contributed by atoms with Crippen LogP contribution in [0.4, 0.5) is 0 Å². The first kappa shape index (κ1) is 18.8. The van der Waals surface area contributed by atoms with E-state index in [4.69, 9.17) is 5.73 Å². The van der Waals surface area contributed by atoms with Gasteiger partial charge < -0.3 is 5.73 Å². The Bertz CT molecular complexity index is 831. The zero-order valence-electron chi connectivity index (χ0n) is 17.0. The van der Waals surface area contributed by atoms with E-state index in [9.17, 15) is 4.79 Å². The fraction of sp³-hybridized carbons (Fsp3) is 0.609. The molecule has 2 aromatic rings. The van der Waals surface area contributed by atoms with Gasteiger partial charge >= 0.3 is 0 Å². The van der Waals surface area contributed by atoms with Crippen molar-refractivity contribution in [1.29, 1.82) is 0 Å². The number of fused-ring (bicyclic) bond motifs is 2. The Morgan fingerprint density at radius 3 is 2.52 bits per heavy atom. The van der Waals surface area contributed by atoms with Crippen LogP contribution in [0.15, 0.2) is 30.5 Å². The Balaban J connectivity index is 1.40. The van der Waals surface area contributed by atoms with Crippen LogP contribution in [0.3, 0.4) is 0 Å². The summed E-state index contributed by atoms with van der Waals surface area (Å²) >= 11 is 0. The predicted molar refractivity (Wildman–Crippen MR) is 111 cm³/mol. The minimum atomic E-state index is -0.337. The molecule has 3 fully saturated rings. The first-order valence-electron chi connectivity index (χ1n) is 11.2. The van der Waals surface area contributed by atoms with E-state index < -0.39 is 0 Å². The average Bonchev–Trinajstić information content (AvgIpc) is 3.36. The zero-order valence-corrected chi connectivity index (χ0v) is 17.0. The number of carbonyl (C=O) groups is 1. The summed E-state index contributed by atoms with van der Waals surface area (Å²) in [6.07, 6.45) is 13.5. The van der Waals surface area contributed by atoms with E-state index in [1.54, 1.807) is 0 Å². The van der Waals surface area contributed by atoms with E-state index in [-0.39, 0.29) is 5.91 Å². The maximum absolute atomic E-state index is 11.6. The number of aromatic nitrogens is 3. The number of H-pyrrole nitrogens is 1. The van der Waals surface area contributed by atoms with Crippen molar-refractivity contribution in [2.45, 2.75) is 81.8 Å². The van der Waals surface area contributed by atoms with Crippen LogP contribution in [0.2, 0.25) is 0 Å². The SMILES string of the molecule is NC(=O)c1cccc([C@H]2C[C@H]3CC[C@@H](C2)N3C(c2c[nH]nn2)C2CCCCC2)c1. The Morgan fingerprint density at radius 2 is 1.86 bits per heavy atom. The molecule has 1 aromatic heterocycles. The molecule has 2 bridgehead atoms. The Labute approximate surface area is 172 Å². The van der Waals surface area contributed by atoms with Gasteiger partial charge in [0.05, 0.1) is 11.7 Å². The van der Waals surface area contributed by atoms with E-state index in [0.29, 0.717) is 35.5 Å². The van der Waals surface area contributed by atoms with Gasteiger partial charge in [-0.2, -0.15) is 0 Å². The van der Waals surface area contributed by atoms with Crippen LogP contribution < -0.4 is 5.73 Å². The van der Waals surface area contributed by atoms with E-state index in [1.807, 2.05) is 24.4 Å². The van der Waals surface area contributed by atoms with Gasteiger partial charge in [0.1, 0.15) is 0 Å². The quantitative estimate of drug-likeness (QED) is 0.805. The molecule has 3 heterocycles. The highest BCUT2D eigenvalue weighted by Gasteiger charge is 2.47. The molecule has 0 radical (unpaired) electrons. The van der Waals surface area contributed by atoms with Gasteiger partial charge in [-0.3, -0.25) is 14.8 Å². The number of amides is 1. The molecule has 29 heavy (non-hydrogen) atoms. The molecule has 6 heteroatoms. The largest absolute Gasteiger partial charge is 0.366 e. The van der Waals surface area contributed by atoms with Crippen molar-refractivity contribution in [2.24, 2.45) is 11.7 Å². The van der Waals surface area contributed by atoms with Crippen LogP contribution in [-0.4, -0.2) is 38.3 Å².